The number of methoxy groups -OCH3 is 2. The van der Waals surface area contributed by atoms with Gasteiger partial charge in [0.25, 0.3) is 5.91 Å². The van der Waals surface area contributed by atoms with Crippen LogP contribution >= 0.6 is 0 Å². The van der Waals surface area contributed by atoms with E-state index in [9.17, 15) is 9.59 Å². The molecule has 7 nitrogen and oxygen atoms in total. The minimum absolute atomic E-state index is 0.00180. The van der Waals surface area contributed by atoms with Gasteiger partial charge in [0, 0.05) is 51.3 Å². The molecule has 0 aromatic heterocycles. The van der Waals surface area contributed by atoms with Crippen LogP contribution in [0.4, 0.5) is 5.69 Å². The van der Waals surface area contributed by atoms with E-state index >= 15 is 0 Å². The third-order valence-corrected chi connectivity index (χ3v) is 6.19. The fraction of sp³-hybridized carbons (Fsp3) is 0.417. The van der Waals surface area contributed by atoms with Crippen LogP contribution in [0.5, 0.6) is 17.2 Å². The second-order valence-corrected chi connectivity index (χ2v) is 8.30. The Morgan fingerprint density at radius 1 is 1.03 bits per heavy atom. The number of ether oxygens (including phenoxy) is 3. The molecule has 0 atom stereocenters. The summed E-state index contributed by atoms with van der Waals surface area (Å²) >= 11 is 0. The first kappa shape index (κ1) is 21.0. The molecule has 0 radical (unpaired) electrons. The highest BCUT2D eigenvalue weighted by Gasteiger charge is 2.45. The van der Waals surface area contributed by atoms with Crippen LogP contribution in [0.2, 0.25) is 0 Å². The van der Waals surface area contributed by atoms with Gasteiger partial charge >= 0.3 is 0 Å². The van der Waals surface area contributed by atoms with E-state index in [-0.39, 0.29) is 11.7 Å². The summed E-state index contributed by atoms with van der Waals surface area (Å²) in [5.41, 5.74) is 1.60. The zero-order valence-corrected chi connectivity index (χ0v) is 18.4. The van der Waals surface area contributed by atoms with Crippen molar-refractivity contribution in [2.24, 2.45) is 0 Å². The average Bonchev–Trinajstić information content (AvgIpc) is 2.78. The van der Waals surface area contributed by atoms with Crippen molar-refractivity contribution in [1.82, 2.24) is 4.90 Å². The van der Waals surface area contributed by atoms with Gasteiger partial charge in [0.15, 0.2) is 17.3 Å². The molecule has 7 heteroatoms. The summed E-state index contributed by atoms with van der Waals surface area (Å²) in [6, 6.07) is 11.0. The number of benzene rings is 2. The number of hydrogen-bond acceptors (Lipinski definition) is 6. The standard InChI is InChI=1S/C24H28N2O5/c1-25(2)17-7-5-16(6-8-17)23(28)26-13-11-24(12-14-26)15-19(27)18-9-10-20(29-3)22(30-4)21(18)31-24/h5-10H,11-15H2,1-4H3. The third kappa shape index (κ3) is 3.80. The first-order valence-electron chi connectivity index (χ1n) is 10.4. The molecule has 1 saturated heterocycles. The lowest BCUT2D eigenvalue weighted by atomic mass is 9.82. The zero-order chi connectivity index (χ0) is 22.2. The minimum atomic E-state index is -0.630. The minimum Gasteiger partial charge on any atom is -0.493 e. The molecule has 1 amide bonds. The molecule has 0 N–H and O–H groups in total. The normalized spacial score (nSPS) is 17.0. The van der Waals surface area contributed by atoms with E-state index in [2.05, 4.69) is 0 Å². The summed E-state index contributed by atoms with van der Waals surface area (Å²) in [5, 5.41) is 0. The first-order valence-corrected chi connectivity index (χ1v) is 10.4. The number of Topliss-reactive ketones (excluding diaryl/α,β-unsaturated/α-hetero) is 1. The predicted octanol–water partition coefficient (Wildman–Crippen LogP) is 3.41. The second-order valence-electron chi connectivity index (χ2n) is 8.30. The number of likely N-dealkylation sites (tertiary alicyclic amines) is 1. The smallest absolute Gasteiger partial charge is 0.253 e. The quantitative estimate of drug-likeness (QED) is 0.749. The first-order chi connectivity index (χ1) is 14.9. The molecule has 0 aliphatic carbocycles. The van der Waals surface area contributed by atoms with Crippen LogP contribution in [0.15, 0.2) is 36.4 Å². The van der Waals surface area contributed by atoms with Gasteiger partial charge in [-0.3, -0.25) is 9.59 Å². The van der Waals surface area contributed by atoms with Gasteiger partial charge in [-0.05, 0) is 36.4 Å². The van der Waals surface area contributed by atoms with Crippen molar-refractivity contribution in [3.8, 4) is 17.2 Å². The van der Waals surface area contributed by atoms with Crippen LogP contribution in [-0.2, 0) is 0 Å². The van der Waals surface area contributed by atoms with Crippen molar-refractivity contribution in [3.05, 3.63) is 47.5 Å². The molecule has 0 saturated carbocycles. The topological polar surface area (TPSA) is 68.3 Å². The molecule has 2 aliphatic heterocycles. The molecule has 2 aromatic carbocycles. The van der Waals surface area contributed by atoms with Gasteiger partial charge in [0.1, 0.15) is 5.60 Å². The number of amides is 1. The third-order valence-electron chi connectivity index (χ3n) is 6.19. The summed E-state index contributed by atoms with van der Waals surface area (Å²) in [4.78, 5) is 29.7. The predicted molar refractivity (Wildman–Crippen MR) is 118 cm³/mol. The number of carbonyl (C=O) groups excluding carboxylic acids is 2. The number of rotatable bonds is 4. The van der Waals surface area contributed by atoms with Crippen LogP contribution < -0.4 is 19.1 Å². The Morgan fingerprint density at radius 3 is 2.29 bits per heavy atom. The summed E-state index contributed by atoms with van der Waals surface area (Å²) in [7, 11) is 7.03. The lowest BCUT2D eigenvalue weighted by Gasteiger charge is -2.44. The molecule has 1 spiro atoms. The Labute approximate surface area is 182 Å². The summed E-state index contributed by atoms with van der Waals surface area (Å²) in [6.07, 6.45) is 1.47. The van der Waals surface area contributed by atoms with Gasteiger partial charge in [-0.2, -0.15) is 0 Å². The number of nitrogens with zero attached hydrogens (tertiary/aromatic N) is 2. The van der Waals surface area contributed by atoms with Crippen LogP contribution in [-0.4, -0.2) is 63.6 Å². The maximum Gasteiger partial charge on any atom is 0.253 e. The number of carbonyl (C=O) groups is 2. The molecule has 164 valence electrons. The Bertz CT molecular complexity index is 992. The van der Waals surface area contributed by atoms with Gasteiger partial charge in [-0.25, -0.2) is 0 Å². The molecule has 1 fully saturated rings. The highest BCUT2D eigenvalue weighted by molar-refractivity contribution is 6.01. The van der Waals surface area contributed by atoms with E-state index in [0.29, 0.717) is 60.7 Å². The number of fused-ring (bicyclic) bond motifs is 1. The maximum atomic E-state index is 13.0. The lowest BCUT2D eigenvalue weighted by Crippen LogP contribution is -2.52. The summed E-state index contributed by atoms with van der Waals surface area (Å²) in [6.45, 7) is 1.06. The number of anilines is 1. The summed E-state index contributed by atoms with van der Waals surface area (Å²) in [5.74, 6) is 1.44. The highest BCUT2D eigenvalue weighted by atomic mass is 16.5. The SMILES string of the molecule is COc1ccc2c(c1OC)OC1(CCN(C(=O)c3ccc(N(C)C)cc3)CC1)CC2=O. The van der Waals surface area contributed by atoms with Crippen molar-refractivity contribution < 1.29 is 23.8 Å². The number of piperidine rings is 1. The van der Waals surface area contributed by atoms with E-state index in [1.165, 1.54) is 7.11 Å². The average molecular weight is 424 g/mol. The molecular weight excluding hydrogens is 396 g/mol. The fourth-order valence-electron chi connectivity index (χ4n) is 4.34. The fourth-order valence-corrected chi connectivity index (χ4v) is 4.34. The largest absolute Gasteiger partial charge is 0.493 e. The molecule has 0 unspecified atom stereocenters. The molecule has 2 heterocycles. The van der Waals surface area contributed by atoms with E-state index in [0.717, 1.165) is 5.69 Å². The van der Waals surface area contributed by atoms with Gasteiger partial charge in [0.05, 0.1) is 26.2 Å². The van der Waals surface area contributed by atoms with Crippen LogP contribution in [0.1, 0.15) is 40.0 Å². The van der Waals surface area contributed by atoms with E-state index in [4.69, 9.17) is 14.2 Å². The highest BCUT2D eigenvalue weighted by Crippen LogP contribution is 2.47. The Kier molecular flexibility index (Phi) is 5.52. The van der Waals surface area contributed by atoms with Crippen LogP contribution in [0.25, 0.3) is 0 Å². The van der Waals surface area contributed by atoms with Crippen molar-refractivity contribution in [1.29, 1.82) is 0 Å². The number of hydrogen-bond donors (Lipinski definition) is 0. The van der Waals surface area contributed by atoms with Crippen molar-refractivity contribution in [2.75, 3.05) is 46.3 Å². The molecular formula is C24H28N2O5. The van der Waals surface area contributed by atoms with Gasteiger partial charge in [0.2, 0.25) is 5.75 Å². The van der Waals surface area contributed by atoms with Crippen molar-refractivity contribution in [3.63, 3.8) is 0 Å². The summed E-state index contributed by atoms with van der Waals surface area (Å²) < 4.78 is 17.3. The van der Waals surface area contributed by atoms with Crippen molar-refractivity contribution in [2.45, 2.75) is 24.9 Å². The molecule has 2 aromatic rings. The Morgan fingerprint density at radius 2 is 1.71 bits per heavy atom. The Balaban J connectivity index is 1.50. The molecule has 4 rings (SSSR count). The van der Waals surface area contributed by atoms with E-state index < -0.39 is 5.60 Å². The molecule has 0 bridgehead atoms. The maximum absolute atomic E-state index is 13.0. The van der Waals surface area contributed by atoms with Crippen LogP contribution in [0.3, 0.4) is 0 Å². The van der Waals surface area contributed by atoms with Crippen molar-refractivity contribution >= 4 is 17.4 Å². The van der Waals surface area contributed by atoms with Gasteiger partial charge < -0.3 is 24.0 Å². The van der Waals surface area contributed by atoms with E-state index in [1.54, 1.807) is 19.2 Å². The monoisotopic (exact) mass is 424 g/mol. The van der Waals surface area contributed by atoms with Crippen LogP contribution in [0, 0.1) is 0 Å². The molecule has 31 heavy (non-hydrogen) atoms. The van der Waals surface area contributed by atoms with Gasteiger partial charge in [-0.15, -0.1) is 0 Å². The molecule has 2 aliphatic rings. The zero-order valence-electron chi connectivity index (χ0n) is 18.4. The van der Waals surface area contributed by atoms with E-state index in [1.807, 2.05) is 48.2 Å². The number of ketones is 1. The lowest BCUT2D eigenvalue weighted by molar-refractivity contribution is -0.00745. The van der Waals surface area contributed by atoms with Gasteiger partial charge in [-0.1, -0.05) is 0 Å². The second kappa shape index (κ2) is 8.13. The Hall–Kier alpha value is -3.22.